The van der Waals surface area contributed by atoms with Crippen molar-refractivity contribution >= 4 is 23.2 Å². The molecule has 0 saturated heterocycles. The van der Waals surface area contributed by atoms with Crippen LogP contribution in [0, 0.1) is 0 Å². The van der Waals surface area contributed by atoms with Gasteiger partial charge in [-0.25, -0.2) is 0 Å². The Kier molecular flexibility index (Phi) is 7.34. The minimum Gasteiger partial charge on any atom is -0.491 e. The van der Waals surface area contributed by atoms with E-state index in [2.05, 4.69) is 0 Å². The Bertz CT molecular complexity index is 277. The molecule has 0 heterocycles. The fourth-order valence-corrected chi connectivity index (χ4v) is 1.22. The number of alkyl halides is 1. The highest BCUT2D eigenvalue weighted by atomic mass is 35.5. The summed E-state index contributed by atoms with van der Waals surface area (Å²) in [5.41, 5.74) is 0. The van der Waals surface area contributed by atoms with Crippen molar-refractivity contribution in [1.82, 2.24) is 0 Å². The topological polar surface area (TPSA) is 27.7 Å². The number of hydrogen-bond acceptors (Lipinski definition) is 3. The molecule has 0 atom stereocenters. The van der Waals surface area contributed by atoms with Gasteiger partial charge in [-0.1, -0.05) is 11.6 Å². The van der Waals surface area contributed by atoms with Crippen molar-refractivity contribution in [2.24, 2.45) is 0 Å². The van der Waals surface area contributed by atoms with Gasteiger partial charge in [0.1, 0.15) is 19.1 Å². The lowest BCUT2D eigenvalue weighted by Gasteiger charge is -2.07. The monoisotopic (exact) mass is 264 g/mol. The molecule has 0 aliphatic rings. The van der Waals surface area contributed by atoms with Gasteiger partial charge in [0.15, 0.2) is 0 Å². The van der Waals surface area contributed by atoms with Gasteiger partial charge < -0.3 is 14.2 Å². The van der Waals surface area contributed by atoms with Crippen molar-refractivity contribution in [3.05, 3.63) is 29.3 Å². The molecule has 0 spiro atoms. The second-order valence-corrected chi connectivity index (χ2v) is 3.74. The number of rotatable bonds is 8. The molecule has 0 saturated carbocycles. The number of ether oxygens (including phenoxy) is 3. The van der Waals surface area contributed by atoms with Crippen LogP contribution in [0.5, 0.6) is 5.75 Å². The zero-order valence-corrected chi connectivity index (χ0v) is 10.3. The Labute approximate surface area is 105 Å². The molecule has 0 bridgehead atoms. The van der Waals surface area contributed by atoms with Gasteiger partial charge in [0.2, 0.25) is 0 Å². The lowest BCUT2D eigenvalue weighted by molar-refractivity contribution is -0.0554. The molecule has 0 radical (unpaired) electrons. The Morgan fingerprint density at radius 1 is 0.938 bits per heavy atom. The van der Waals surface area contributed by atoms with E-state index in [4.69, 9.17) is 37.4 Å². The van der Waals surface area contributed by atoms with Crippen LogP contribution in [0.25, 0.3) is 0 Å². The SMILES string of the molecule is ClCCOCOCCOc1ccc(Cl)cc1. The summed E-state index contributed by atoms with van der Waals surface area (Å²) in [6.45, 7) is 1.70. The summed E-state index contributed by atoms with van der Waals surface area (Å²) in [5.74, 6) is 1.25. The van der Waals surface area contributed by atoms with Gasteiger partial charge in [0.25, 0.3) is 0 Å². The molecule has 5 heteroatoms. The fourth-order valence-electron chi connectivity index (χ4n) is 0.981. The summed E-state index contributed by atoms with van der Waals surface area (Å²) >= 11 is 11.2. The molecular formula is C11H14Cl2O3. The van der Waals surface area contributed by atoms with Crippen molar-refractivity contribution in [2.45, 2.75) is 0 Å². The fraction of sp³-hybridized carbons (Fsp3) is 0.455. The quantitative estimate of drug-likeness (QED) is 0.411. The summed E-state index contributed by atoms with van der Waals surface area (Å²) in [5, 5.41) is 0.693. The second kappa shape index (κ2) is 8.65. The van der Waals surface area contributed by atoms with Crippen LogP contribution in [0.4, 0.5) is 0 Å². The zero-order chi connectivity index (χ0) is 11.6. The van der Waals surface area contributed by atoms with Crippen molar-refractivity contribution in [1.29, 1.82) is 0 Å². The van der Waals surface area contributed by atoms with E-state index in [1.54, 1.807) is 12.1 Å². The van der Waals surface area contributed by atoms with Gasteiger partial charge in [-0.3, -0.25) is 0 Å². The van der Waals surface area contributed by atoms with E-state index in [1.165, 1.54) is 0 Å². The van der Waals surface area contributed by atoms with Crippen molar-refractivity contribution < 1.29 is 14.2 Å². The van der Waals surface area contributed by atoms with Gasteiger partial charge >= 0.3 is 0 Å². The average molecular weight is 265 g/mol. The van der Waals surface area contributed by atoms with E-state index in [1.807, 2.05) is 12.1 Å². The van der Waals surface area contributed by atoms with Crippen LogP contribution in [-0.2, 0) is 9.47 Å². The summed E-state index contributed by atoms with van der Waals surface area (Å²) in [6.07, 6.45) is 0. The molecule has 90 valence electrons. The first-order valence-corrected chi connectivity index (χ1v) is 5.84. The molecule has 0 unspecified atom stereocenters. The van der Waals surface area contributed by atoms with Crippen LogP contribution in [0.1, 0.15) is 0 Å². The molecule has 0 aromatic heterocycles. The van der Waals surface area contributed by atoms with Gasteiger partial charge in [0, 0.05) is 10.9 Å². The average Bonchev–Trinajstić information content (AvgIpc) is 2.30. The Morgan fingerprint density at radius 2 is 1.62 bits per heavy atom. The summed E-state index contributed by atoms with van der Waals surface area (Å²) in [7, 11) is 0. The smallest absolute Gasteiger partial charge is 0.146 e. The number of benzene rings is 1. The van der Waals surface area contributed by atoms with Gasteiger partial charge in [0.05, 0.1) is 13.2 Å². The van der Waals surface area contributed by atoms with Crippen LogP contribution in [0.15, 0.2) is 24.3 Å². The molecule has 16 heavy (non-hydrogen) atoms. The predicted octanol–water partition coefficient (Wildman–Crippen LogP) is 2.95. The van der Waals surface area contributed by atoms with Crippen molar-refractivity contribution in [3.63, 3.8) is 0 Å². The minimum atomic E-state index is 0.247. The molecule has 0 amide bonds. The van der Waals surface area contributed by atoms with Crippen LogP contribution >= 0.6 is 23.2 Å². The third kappa shape index (κ3) is 6.18. The first-order valence-electron chi connectivity index (χ1n) is 4.93. The van der Waals surface area contributed by atoms with Crippen molar-refractivity contribution in [2.75, 3.05) is 32.5 Å². The lowest BCUT2D eigenvalue weighted by atomic mass is 10.3. The normalized spacial score (nSPS) is 10.4. The molecule has 0 fully saturated rings. The Morgan fingerprint density at radius 3 is 2.31 bits per heavy atom. The second-order valence-electron chi connectivity index (χ2n) is 2.93. The van der Waals surface area contributed by atoms with E-state index in [0.717, 1.165) is 5.75 Å². The van der Waals surface area contributed by atoms with E-state index >= 15 is 0 Å². The van der Waals surface area contributed by atoms with Crippen LogP contribution < -0.4 is 4.74 Å². The third-order valence-corrected chi connectivity index (χ3v) is 2.10. The Hall–Kier alpha value is -0.480. The summed E-state index contributed by atoms with van der Waals surface area (Å²) in [6, 6.07) is 7.18. The maximum atomic E-state index is 5.74. The van der Waals surface area contributed by atoms with E-state index in [-0.39, 0.29) is 6.79 Å². The molecular weight excluding hydrogens is 251 g/mol. The molecule has 0 aliphatic carbocycles. The summed E-state index contributed by atoms with van der Waals surface area (Å²) in [4.78, 5) is 0. The zero-order valence-electron chi connectivity index (χ0n) is 8.83. The van der Waals surface area contributed by atoms with Crippen LogP contribution in [0.3, 0.4) is 0 Å². The maximum Gasteiger partial charge on any atom is 0.146 e. The van der Waals surface area contributed by atoms with Gasteiger partial charge in [-0.15, -0.1) is 11.6 Å². The van der Waals surface area contributed by atoms with E-state index in [0.29, 0.717) is 30.7 Å². The number of hydrogen-bond donors (Lipinski definition) is 0. The van der Waals surface area contributed by atoms with Crippen molar-refractivity contribution in [3.8, 4) is 5.75 Å². The standard InChI is InChI=1S/C11H14Cl2O3/c12-5-6-14-9-15-7-8-16-11-3-1-10(13)2-4-11/h1-4H,5-9H2. The predicted molar refractivity (Wildman–Crippen MR) is 64.4 cm³/mol. The molecule has 3 nitrogen and oxygen atoms in total. The summed E-state index contributed by atoms with van der Waals surface area (Å²) < 4.78 is 15.6. The van der Waals surface area contributed by atoms with Gasteiger partial charge in [-0.05, 0) is 24.3 Å². The molecule has 1 rings (SSSR count). The van der Waals surface area contributed by atoms with Gasteiger partial charge in [-0.2, -0.15) is 0 Å². The van der Waals surface area contributed by atoms with Crippen LogP contribution in [-0.4, -0.2) is 32.5 Å². The Balaban J connectivity index is 2.01. The largest absolute Gasteiger partial charge is 0.491 e. The highest BCUT2D eigenvalue weighted by molar-refractivity contribution is 6.30. The first-order chi connectivity index (χ1) is 7.83. The third-order valence-electron chi connectivity index (χ3n) is 1.70. The van der Waals surface area contributed by atoms with Crippen LogP contribution in [0.2, 0.25) is 5.02 Å². The highest BCUT2D eigenvalue weighted by Gasteiger charge is 1.94. The molecule has 1 aromatic rings. The molecule has 1 aromatic carbocycles. The minimum absolute atomic E-state index is 0.247. The molecule has 0 N–H and O–H groups in total. The first kappa shape index (κ1) is 13.6. The molecule has 0 aliphatic heterocycles. The lowest BCUT2D eigenvalue weighted by Crippen LogP contribution is -2.09. The highest BCUT2D eigenvalue weighted by Crippen LogP contribution is 2.15. The maximum absolute atomic E-state index is 5.74. The number of halogens is 2. The van der Waals surface area contributed by atoms with E-state index in [9.17, 15) is 0 Å². The van der Waals surface area contributed by atoms with E-state index < -0.39 is 0 Å².